The van der Waals surface area contributed by atoms with Crippen LogP contribution in [-0.2, 0) is 6.61 Å². The minimum Gasteiger partial charge on any atom is -0.497 e. The third-order valence-corrected chi connectivity index (χ3v) is 2.55. The monoisotopic (exact) mass is 239 g/mol. The Kier molecular flexibility index (Phi) is 3.83. The average Bonchev–Trinajstić information content (AvgIpc) is 2.45. The lowest BCUT2D eigenvalue weighted by atomic mass is 10.2. The highest BCUT2D eigenvalue weighted by Gasteiger charge is 2.05. The number of hydrogen-bond acceptors (Lipinski definition) is 3. The van der Waals surface area contributed by atoms with E-state index in [2.05, 4.69) is 6.07 Å². The SMILES string of the molecule is COc1ccc(C#N)c(OCc2ccccc2)c1. The van der Waals surface area contributed by atoms with E-state index in [0.717, 1.165) is 5.56 Å². The number of ether oxygens (including phenoxy) is 2. The molecule has 0 saturated heterocycles. The molecule has 0 saturated carbocycles. The lowest BCUT2D eigenvalue weighted by Gasteiger charge is -2.09. The molecule has 0 aliphatic rings. The molecule has 2 aromatic rings. The number of hydrogen-bond donors (Lipinski definition) is 0. The van der Waals surface area contributed by atoms with Crippen molar-refractivity contribution >= 4 is 0 Å². The zero-order valence-corrected chi connectivity index (χ0v) is 10.1. The fraction of sp³-hybridized carbons (Fsp3) is 0.133. The molecular weight excluding hydrogens is 226 g/mol. The zero-order chi connectivity index (χ0) is 12.8. The molecule has 0 aromatic heterocycles. The van der Waals surface area contributed by atoms with Crippen LogP contribution in [0, 0.1) is 11.3 Å². The van der Waals surface area contributed by atoms with Gasteiger partial charge < -0.3 is 9.47 Å². The molecule has 0 aliphatic heterocycles. The Morgan fingerprint density at radius 2 is 1.89 bits per heavy atom. The normalized spacial score (nSPS) is 9.56. The molecule has 0 heterocycles. The first-order valence-electron chi connectivity index (χ1n) is 5.58. The second-order valence-corrected chi connectivity index (χ2v) is 3.75. The van der Waals surface area contributed by atoms with Gasteiger partial charge in [0.15, 0.2) is 0 Å². The standard InChI is InChI=1S/C15H13NO2/c1-17-14-8-7-13(10-16)15(9-14)18-11-12-5-3-2-4-6-12/h2-9H,11H2,1H3. The minimum atomic E-state index is 0.433. The Hall–Kier alpha value is -2.47. The van der Waals surface area contributed by atoms with Crippen LogP contribution < -0.4 is 9.47 Å². The van der Waals surface area contributed by atoms with Crippen LogP contribution in [0.2, 0.25) is 0 Å². The zero-order valence-electron chi connectivity index (χ0n) is 10.1. The van der Waals surface area contributed by atoms with Crippen molar-refractivity contribution in [2.45, 2.75) is 6.61 Å². The summed E-state index contributed by atoms with van der Waals surface area (Å²) >= 11 is 0. The van der Waals surface area contributed by atoms with Crippen LogP contribution in [0.25, 0.3) is 0 Å². The van der Waals surface area contributed by atoms with Crippen molar-refractivity contribution in [2.24, 2.45) is 0 Å². The minimum absolute atomic E-state index is 0.433. The second-order valence-electron chi connectivity index (χ2n) is 3.75. The number of rotatable bonds is 4. The number of benzene rings is 2. The highest BCUT2D eigenvalue weighted by atomic mass is 16.5. The molecule has 18 heavy (non-hydrogen) atoms. The van der Waals surface area contributed by atoms with Crippen molar-refractivity contribution in [3.05, 3.63) is 59.7 Å². The van der Waals surface area contributed by atoms with Crippen molar-refractivity contribution < 1.29 is 9.47 Å². The maximum Gasteiger partial charge on any atom is 0.141 e. The Morgan fingerprint density at radius 1 is 1.11 bits per heavy atom. The molecule has 0 aliphatic carbocycles. The van der Waals surface area contributed by atoms with Gasteiger partial charge in [-0.2, -0.15) is 5.26 Å². The van der Waals surface area contributed by atoms with Crippen molar-refractivity contribution in [2.75, 3.05) is 7.11 Å². The maximum atomic E-state index is 9.01. The van der Waals surface area contributed by atoms with E-state index < -0.39 is 0 Å². The Morgan fingerprint density at radius 3 is 2.56 bits per heavy atom. The molecule has 0 fully saturated rings. The highest BCUT2D eigenvalue weighted by Crippen LogP contribution is 2.24. The van der Waals surface area contributed by atoms with Crippen LogP contribution in [0.5, 0.6) is 11.5 Å². The molecule has 3 nitrogen and oxygen atoms in total. The quantitative estimate of drug-likeness (QED) is 0.823. The van der Waals surface area contributed by atoms with Gasteiger partial charge in [0.05, 0.1) is 12.7 Å². The fourth-order valence-electron chi connectivity index (χ4n) is 1.58. The molecule has 0 unspecified atom stereocenters. The lowest BCUT2D eigenvalue weighted by Crippen LogP contribution is -1.97. The fourth-order valence-corrected chi connectivity index (χ4v) is 1.58. The molecule has 2 aromatic carbocycles. The predicted octanol–water partition coefficient (Wildman–Crippen LogP) is 3.15. The summed E-state index contributed by atoms with van der Waals surface area (Å²) in [6.07, 6.45) is 0. The summed E-state index contributed by atoms with van der Waals surface area (Å²) in [6.45, 7) is 0.433. The maximum absolute atomic E-state index is 9.01. The van der Waals surface area contributed by atoms with Crippen LogP contribution in [0.3, 0.4) is 0 Å². The van der Waals surface area contributed by atoms with Gasteiger partial charge in [-0.25, -0.2) is 0 Å². The van der Waals surface area contributed by atoms with E-state index in [-0.39, 0.29) is 0 Å². The first-order chi connectivity index (χ1) is 8.83. The van der Waals surface area contributed by atoms with Crippen molar-refractivity contribution in [1.29, 1.82) is 5.26 Å². The van der Waals surface area contributed by atoms with Gasteiger partial charge in [0.1, 0.15) is 24.2 Å². The number of nitriles is 1. The summed E-state index contributed by atoms with van der Waals surface area (Å²) in [5.74, 6) is 1.22. The Balaban J connectivity index is 2.15. The molecule has 0 radical (unpaired) electrons. The van der Waals surface area contributed by atoms with E-state index in [1.807, 2.05) is 30.3 Å². The third kappa shape index (κ3) is 2.80. The van der Waals surface area contributed by atoms with E-state index in [9.17, 15) is 0 Å². The Labute approximate surface area is 106 Å². The summed E-state index contributed by atoms with van der Waals surface area (Å²) in [7, 11) is 1.59. The van der Waals surface area contributed by atoms with Crippen LogP contribution >= 0.6 is 0 Å². The lowest BCUT2D eigenvalue weighted by molar-refractivity contribution is 0.303. The Bertz CT molecular complexity index is 558. The van der Waals surface area contributed by atoms with Gasteiger partial charge in [0.25, 0.3) is 0 Å². The summed E-state index contributed by atoms with van der Waals surface area (Å²) in [5, 5.41) is 9.01. The van der Waals surface area contributed by atoms with Gasteiger partial charge in [0, 0.05) is 6.07 Å². The average molecular weight is 239 g/mol. The smallest absolute Gasteiger partial charge is 0.141 e. The van der Waals surface area contributed by atoms with Gasteiger partial charge in [-0.1, -0.05) is 30.3 Å². The molecular formula is C15H13NO2. The third-order valence-electron chi connectivity index (χ3n) is 2.55. The van der Waals surface area contributed by atoms with E-state index in [1.54, 1.807) is 25.3 Å². The molecule has 90 valence electrons. The second kappa shape index (κ2) is 5.74. The number of nitrogens with zero attached hydrogens (tertiary/aromatic N) is 1. The largest absolute Gasteiger partial charge is 0.497 e. The van der Waals surface area contributed by atoms with Gasteiger partial charge in [0.2, 0.25) is 0 Å². The van der Waals surface area contributed by atoms with Crippen molar-refractivity contribution in [3.63, 3.8) is 0 Å². The highest BCUT2D eigenvalue weighted by molar-refractivity contribution is 5.47. The molecule has 0 N–H and O–H groups in total. The first kappa shape index (κ1) is 12.0. The topological polar surface area (TPSA) is 42.2 Å². The van der Waals surface area contributed by atoms with Crippen LogP contribution in [0.15, 0.2) is 48.5 Å². The molecule has 0 atom stereocenters. The van der Waals surface area contributed by atoms with Gasteiger partial charge in [-0.15, -0.1) is 0 Å². The van der Waals surface area contributed by atoms with E-state index in [4.69, 9.17) is 14.7 Å². The molecule has 0 amide bonds. The molecule has 0 spiro atoms. The van der Waals surface area contributed by atoms with Gasteiger partial charge >= 0.3 is 0 Å². The van der Waals surface area contributed by atoms with Crippen molar-refractivity contribution in [3.8, 4) is 17.6 Å². The van der Waals surface area contributed by atoms with E-state index in [1.165, 1.54) is 0 Å². The first-order valence-corrected chi connectivity index (χ1v) is 5.58. The van der Waals surface area contributed by atoms with E-state index in [0.29, 0.717) is 23.7 Å². The van der Waals surface area contributed by atoms with Gasteiger partial charge in [-0.05, 0) is 17.7 Å². The number of methoxy groups -OCH3 is 1. The summed E-state index contributed by atoms with van der Waals surface area (Å²) in [4.78, 5) is 0. The summed E-state index contributed by atoms with van der Waals surface area (Å²) < 4.78 is 10.8. The predicted molar refractivity (Wildman–Crippen MR) is 68.5 cm³/mol. The summed E-state index contributed by atoms with van der Waals surface area (Å²) in [5.41, 5.74) is 1.57. The van der Waals surface area contributed by atoms with Crippen molar-refractivity contribution in [1.82, 2.24) is 0 Å². The van der Waals surface area contributed by atoms with Crippen LogP contribution in [0.4, 0.5) is 0 Å². The molecule has 2 rings (SSSR count). The van der Waals surface area contributed by atoms with E-state index >= 15 is 0 Å². The van der Waals surface area contributed by atoms with Crippen LogP contribution in [0.1, 0.15) is 11.1 Å². The van der Waals surface area contributed by atoms with Crippen LogP contribution in [-0.4, -0.2) is 7.11 Å². The molecule has 0 bridgehead atoms. The molecule has 3 heteroatoms. The summed E-state index contributed by atoms with van der Waals surface area (Å²) in [6, 6.07) is 17.1. The van der Waals surface area contributed by atoms with Gasteiger partial charge in [-0.3, -0.25) is 0 Å².